The van der Waals surface area contributed by atoms with Crippen LogP contribution in [0.2, 0.25) is 0 Å². The van der Waals surface area contributed by atoms with Gasteiger partial charge in [0.05, 0.1) is 24.4 Å². The minimum atomic E-state index is -1.15. The van der Waals surface area contributed by atoms with Gasteiger partial charge in [-0.2, -0.15) is 0 Å². The normalized spacial score (nSPS) is 29.6. The van der Waals surface area contributed by atoms with Crippen LogP contribution >= 0.6 is 0 Å². The molecule has 0 saturated carbocycles. The van der Waals surface area contributed by atoms with Crippen LogP contribution in [0.4, 0.5) is 0 Å². The Morgan fingerprint density at radius 3 is 1.22 bits per heavy atom. The van der Waals surface area contributed by atoms with Gasteiger partial charge in [0.2, 0.25) is 0 Å². The van der Waals surface area contributed by atoms with Crippen LogP contribution in [0, 0.1) is 47.3 Å². The number of hydrogen-bond acceptors (Lipinski definition) is 10. The SMILES string of the molecule is C[C@H](O)[C@H](C)/C=C/C(=O)[C@@H](C)[C@H](O)[C@H](C)C1OC(=O)/C=C/C=C/[C@H](C)C([C@@H](C)[C@@H](O)[C@H](C)C(=O)/C=C/[C@H](C)[C@@H](C)O)OC(=O)/C=C/C=C\[C@@H]1C. The zero-order valence-electron chi connectivity index (χ0n) is 31.2. The molecule has 0 amide bonds. The number of aliphatic hydroxyl groups is 4. The van der Waals surface area contributed by atoms with Gasteiger partial charge in [-0.1, -0.05) is 104 Å². The van der Waals surface area contributed by atoms with Crippen LogP contribution in [0.5, 0.6) is 0 Å². The van der Waals surface area contributed by atoms with Gasteiger partial charge in [-0.05, 0) is 26.0 Å². The number of carbonyl (C=O) groups is 4. The highest BCUT2D eigenvalue weighted by Crippen LogP contribution is 2.28. The van der Waals surface area contributed by atoms with Gasteiger partial charge >= 0.3 is 11.9 Å². The molecule has 0 aromatic heterocycles. The van der Waals surface area contributed by atoms with E-state index in [-0.39, 0.29) is 23.4 Å². The van der Waals surface area contributed by atoms with Crippen molar-refractivity contribution in [1.29, 1.82) is 0 Å². The molecular formula is C40H60O10. The quantitative estimate of drug-likeness (QED) is 0.145. The summed E-state index contributed by atoms with van der Waals surface area (Å²) in [7, 11) is 0. The van der Waals surface area contributed by atoms with E-state index in [2.05, 4.69) is 0 Å². The Bertz CT molecular complexity index is 1190. The van der Waals surface area contributed by atoms with Crippen molar-refractivity contribution in [2.75, 3.05) is 0 Å². The molecule has 280 valence electrons. The first kappa shape index (κ1) is 44.6. The third-order valence-corrected chi connectivity index (χ3v) is 9.74. The standard InChI is InChI=1S/C40H60O10/c1-23(31(9)41)19-21-33(43)27(5)37(47)29(7)39-25(3)15-11-13-18-36(46)50-40(26(4)16-12-14-17-35(45)49-39)30(8)38(48)28(6)34(44)22-20-24(2)32(10)42/h11-32,37-42,47-48H,1-10H3/b15-11-,16-12+,17-14+,18-13+,21-19+,22-20+/t23-,24+,25+,26+,27-,28-,29+,30+,31+,32-,37+,38+,39?,40?/m1/s1. The molecule has 1 heterocycles. The summed E-state index contributed by atoms with van der Waals surface area (Å²) in [6.07, 6.45) is 12.7. The Hall–Kier alpha value is -3.44. The molecule has 0 bridgehead atoms. The molecule has 50 heavy (non-hydrogen) atoms. The van der Waals surface area contributed by atoms with Gasteiger partial charge < -0.3 is 29.9 Å². The van der Waals surface area contributed by atoms with Gasteiger partial charge in [-0.25, -0.2) is 9.59 Å². The van der Waals surface area contributed by atoms with Crippen LogP contribution < -0.4 is 0 Å². The first-order valence-electron chi connectivity index (χ1n) is 17.6. The Labute approximate surface area is 298 Å². The molecule has 10 heteroatoms. The van der Waals surface area contributed by atoms with E-state index in [0.717, 1.165) is 0 Å². The molecule has 2 unspecified atom stereocenters. The average Bonchev–Trinajstić information content (AvgIpc) is 3.07. The second-order valence-corrected chi connectivity index (χ2v) is 14.0. The van der Waals surface area contributed by atoms with Gasteiger partial charge in [0.1, 0.15) is 12.2 Å². The molecule has 1 aliphatic heterocycles. The number of ether oxygens (including phenoxy) is 2. The Kier molecular flexibility index (Phi) is 19.4. The molecular weight excluding hydrogens is 640 g/mol. The van der Waals surface area contributed by atoms with E-state index >= 15 is 0 Å². The fourth-order valence-electron chi connectivity index (χ4n) is 5.45. The van der Waals surface area contributed by atoms with Crippen LogP contribution in [0.25, 0.3) is 0 Å². The highest BCUT2D eigenvalue weighted by Gasteiger charge is 2.36. The first-order valence-corrected chi connectivity index (χ1v) is 17.6. The van der Waals surface area contributed by atoms with Crippen molar-refractivity contribution in [2.24, 2.45) is 47.3 Å². The predicted octanol–water partition coefficient (Wildman–Crippen LogP) is 4.87. The van der Waals surface area contributed by atoms with Crippen molar-refractivity contribution in [3.63, 3.8) is 0 Å². The van der Waals surface area contributed by atoms with Gasteiger partial charge in [-0.3, -0.25) is 9.59 Å². The number of carbonyl (C=O) groups excluding carboxylic acids is 4. The maximum atomic E-state index is 12.9. The predicted molar refractivity (Wildman–Crippen MR) is 193 cm³/mol. The topological polar surface area (TPSA) is 168 Å². The smallest absolute Gasteiger partial charge is 0.331 e. The summed E-state index contributed by atoms with van der Waals surface area (Å²) >= 11 is 0. The Balaban J connectivity index is 3.25. The highest BCUT2D eigenvalue weighted by molar-refractivity contribution is 5.92. The molecule has 0 fully saturated rings. The van der Waals surface area contributed by atoms with Gasteiger partial charge in [-0.15, -0.1) is 0 Å². The largest absolute Gasteiger partial charge is 0.458 e. The average molecular weight is 701 g/mol. The fourth-order valence-corrected chi connectivity index (χ4v) is 5.45. The van der Waals surface area contributed by atoms with Crippen molar-refractivity contribution in [1.82, 2.24) is 0 Å². The third kappa shape index (κ3) is 14.4. The van der Waals surface area contributed by atoms with Gasteiger partial charge in [0.15, 0.2) is 11.6 Å². The minimum Gasteiger partial charge on any atom is -0.458 e. The maximum Gasteiger partial charge on any atom is 0.331 e. The van der Waals surface area contributed by atoms with E-state index in [1.807, 2.05) is 0 Å². The van der Waals surface area contributed by atoms with Crippen LogP contribution in [0.15, 0.2) is 72.9 Å². The maximum absolute atomic E-state index is 12.9. The number of allylic oxidation sites excluding steroid dienone is 6. The summed E-state index contributed by atoms with van der Waals surface area (Å²) in [4.78, 5) is 51.5. The lowest BCUT2D eigenvalue weighted by Crippen LogP contribution is -2.41. The zero-order valence-corrected chi connectivity index (χ0v) is 31.2. The second kappa shape index (κ2) is 21.7. The monoisotopic (exact) mass is 700 g/mol. The van der Waals surface area contributed by atoms with Crippen LogP contribution in [0.1, 0.15) is 69.2 Å². The number of esters is 2. The van der Waals surface area contributed by atoms with Crippen molar-refractivity contribution < 1.29 is 49.1 Å². The van der Waals surface area contributed by atoms with Crippen LogP contribution in [0.3, 0.4) is 0 Å². The van der Waals surface area contributed by atoms with Gasteiger partial charge in [0, 0.05) is 59.5 Å². The van der Waals surface area contributed by atoms with Crippen molar-refractivity contribution >= 4 is 23.5 Å². The molecule has 4 N–H and O–H groups in total. The van der Waals surface area contributed by atoms with Crippen LogP contribution in [-0.2, 0) is 28.7 Å². The molecule has 10 nitrogen and oxygen atoms in total. The van der Waals surface area contributed by atoms with Crippen LogP contribution in [-0.4, -0.2) is 80.6 Å². The summed E-state index contributed by atoms with van der Waals surface area (Å²) in [6.45, 7) is 17.0. The zero-order chi connectivity index (χ0) is 38.3. The molecule has 0 radical (unpaired) electrons. The third-order valence-electron chi connectivity index (χ3n) is 9.74. The highest BCUT2D eigenvalue weighted by atomic mass is 16.5. The summed E-state index contributed by atoms with van der Waals surface area (Å²) in [5, 5.41) is 41.7. The molecule has 0 aromatic carbocycles. The fraction of sp³-hybridized carbons (Fsp3) is 0.600. The Morgan fingerprint density at radius 2 is 0.920 bits per heavy atom. The molecule has 0 aliphatic carbocycles. The first-order chi connectivity index (χ1) is 23.3. The van der Waals surface area contributed by atoms with E-state index in [1.165, 1.54) is 36.5 Å². The summed E-state index contributed by atoms with van der Waals surface area (Å²) in [5.41, 5.74) is 0. The molecule has 14 atom stereocenters. The molecule has 1 rings (SSSR count). The number of cyclic esters (lactones) is 2. The van der Waals surface area contributed by atoms with Crippen molar-refractivity contribution in [3.8, 4) is 0 Å². The number of aliphatic hydroxyl groups excluding tert-OH is 4. The number of rotatable bonds is 14. The van der Waals surface area contributed by atoms with E-state index < -0.39 is 84.1 Å². The van der Waals surface area contributed by atoms with E-state index in [1.54, 1.807) is 106 Å². The van der Waals surface area contributed by atoms with Crippen molar-refractivity contribution in [3.05, 3.63) is 72.9 Å². The molecule has 1 aliphatic rings. The lowest BCUT2D eigenvalue weighted by Gasteiger charge is -2.33. The summed E-state index contributed by atoms with van der Waals surface area (Å²) in [6, 6.07) is 0. The summed E-state index contributed by atoms with van der Waals surface area (Å²) < 4.78 is 11.6. The van der Waals surface area contributed by atoms with E-state index in [9.17, 15) is 39.6 Å². The molecule has 0 aromatic rings. The molecule has 0 spiro atoms. The second-order valence-electron chi connectivity index (χ2n) is 14.0. The minimum absolute atomic E-state index is 0.242. The van der Waals surface area contributed by atoms with E-state index in [0.29, 0.717) is 0 Å². The van der Waals surface area contributed by atoms with E-state index in [4.69, 9.17) is 9.47 Å². The lowest BCUT2D eigenvalue weighted by molar-refractivity contribution is -0.152. The number of hydrogen-bond donors (Lipinski definition) is 4. The summed E-state index contributed by atoms with van der Waals surface area (Å²) in [5.74, 6) is -6.23. The lowest BCUT2D eigenvalue weighted by atomic mass is 9.82. The van der Waals surface area contributed by atoms with Gasteiger partial charge in [0.25, 0.3) is 0 Å². The van der Waals surface area contributed by atoms with Crippen molar-refractivity contribution in [2.45, 2.75) is 106 Å². The Morgan fingerprint density at radius 1 is 0.600 bits per heavy atom. The number of ketones is 2. The molecule has 0 saturated heterocycles.